The number of halogens is 3. The minimum absolute atomic E-state index is 0.0192. The van der Waals surface area contributed by atoms with Gasteiger partial charge in [-0.2, -0.15) is 17.5 Å². The third-order valence-corrected chi connectivity index (χ3v) is 7.37. The standard InChI is InChI=1S/C20H25F3N4O4S/c1-26-11-19(24-13-26)32(28,29)27-9-16(18-6-3-7-30-18)17(10-27)25-14-4-2-5-15(8-14)31-12-20(21,22)23/h2,4-5,8,11,13,16-18,25H,3,6-7,9-10,12H2,1H3/t16-,17-,18?/m1/s1. The minimum Gasteiger partial charge on any atom is -0.484 e. The fourth-order valence-electron chi connectivity index (χ4n) is 4.17. The highest BCUT2D eigenvalue weighted by Crippen LogP contribution is 2.33. The van der Waals surface area contributed by atoms with Gasteiger partial charge < -0.3 is 19.4 Å². The molecule has 1 N–H and O–H groups in total. The summed E-state index contributed by atoms with van der Waals surface area (Å²) in [7, 11) is -2.08. The van der Waals surface area contributed by atoms with Crippen LogP contribution in [-0.4, -0.2) is 66.9 Å². The Morgan fingerprint density at radius 1 is 1.31 bits per heavy atom. The summed E-state index contributed by atoms with van der Waals surface area (Å²) in [4.78, 5) is 3.99. The van der Waals surface area contributed by atoms with Crippen LogP contribution in [0.25, 0.3) is 0 Å². The smallest absolute Gasteiger partial charge is 0.422 e. The van der Waals surface area contributed by atoms with Crippen LogP contribution in [0.15, 0.2) is 41.8 Å². The van der Waals surface area contributed by atoms with E-state index < -0.39 is 22.8 Å². The van der Waals surface area contributed by atoms with E-state index in [1.165, 1.54) is 29.0 Å². The number of ether oxygens (including phenoxy) is 2. The molecule has 0 saturated carbocycles. The molecule has 2 fully saturated rings. The third-order valence-electron chi connectivity index (χ3n) is 5.65. The number of aryl methyl sites for hydroxylation is 1. The molecule has 32 heavy (non-hydrogen) atoms. The number of benzene rings is 1. The molecule has 1 unspecified atom stereocenters. The van der Waals surface area contributed by atoms with Crippen molar-refractivity contribution in [2.45, 2.75) is 36.2 Å². The lowest BCUT2D eigenvalue weighted by atomic mass is 9.94. The van der Waals surface area contributed by atoms with E-state index in [-0.39, 0.29) is 41.9 Å². The van der Waals surface area contributed by atoms with Crippen molar-refractivity contribution in [2.24, 2.45) is 13.0 Å². The summed E-state index contributed by atoms with van der Waals surface area (Å²) < 4.78 is 77.2. The zero-order valence-electron chi connectivity index (χ0n) is 17.5. The molecule has 8 nitrogen and oxygen atoms in total. The number of hydrogen-bond acceptors (Lipinski definition) is 6. The van der Waals surface area contributed by atoms with Crippen LogP contribution in [0.5, 0.6) is 5.75 Å². The lowest BCUT2D eigenvalue weighted by molar-refractivity contribution is -0.153. The molecule has 0 radical (unpaired) electrons. The van der Waals surface area contributed by atoms with Crippen molar-refractivity contribution in [2.75, 3.05) is 31.6 Å². The second-order valence-electron chi connectivity index (χ2n) is 8.10. The Balaban J connectivity index is 1.52. The van der Waals surface area contributed by atoms with Gasteiger partial charge in [-0.1, -0.05) is 6.07 Å². The molecule has 2 aliphatic heterocycles. The van der Waals surface area contributed by atoms with Crippen LogP contribution < -0.4 is 10.1 Å². The lowest BCUT2D eigenvalue weighted by Gasteiger charge is -2.25. The van der Waals surface area contributed by atoms with Crippen LogP contribution in [0.4, 0.5) is 18.9 Å². The van der Waals surface area contributed by atoms with E-state index in [0.717, 1.165) is 12.8 Å². The van der Waals surface area contributed by atoms with E-state index in [1.54, 1.807) is 23.7 Å². The molecule has 12 heteroatoms. The molecule has 176 valence electrons. The Hall–Kier alpha value is -2.31. The van der Waals surface area contributed by atoms with Gasteiger partial charge in [0.15, 0.2) is 11.6 Å². The summed E-state index contributed by atoms with van der Waals surface area (Å²) in [5, 5.41) is 3.27. The predicted octanol–water partition coefficient (Wildman–Crippen LogP) is 2.64. The Labute approximate surface area is 184 Å². The number of rotatable bonds is 7. The first-order valence-electron chi connectivity index (χ1n) is 10.3. The van der Waals surface area contributed by atoms with Gasteiger partial charge in [0.25, 0.3) is 10.0 Å². The first kappa shape index (κ1) is 22.9. The molecule has 0 aliphatic carbocycles. The van der Waals surface area contributed by atoms with E-state index in [0.29, 0.717) is 12.3 Å². The zero-order valence-corrected chi connectivity index (χ0v) is 18.3. The Bertz CT molecular complexity index is 1040. The van der Waals surface area contributed by atoms with Gasteiger partial charge in [0.1, 0.15) is 5.75 Å². The maximum absolute atomic E-state index is 13.1. The maximum Gasteiger partial charge on any atom is 0.422 e. The van der Waals surface area contributed by atoms with Crippen LogP contribution in [0.3, 0.4) is 0 Å². The van der Waals surface area contributed by atoms with Crippen molar-refractivity contribution >= 4 is 15.7 Å². The van der Waals surface area contributed by atoms with Gasteiger partial charge in [-0.3, -0.25) is 0 Å². The van der Waals surface area contributed by atoms with Gasteiger partial charge >= 0.3 is 6.18 Å². The lowest BCUT2D eigenvalue weighted by Crippen LogP contribution is -2.35. The molecular formula is C20H25F3N4O4S. The SMILES string of the molecule is Cn1cnc(S(=O)(=O)N2C[C@@H](Nc3cccc(OCC(F)(F)F)c3)[C@H](C3CCCO3)C2)c1. The normalized spacial score (nSPS) is 24.7. The highest BCUT2D eigenvalue weighted by molar-refractivity contribution is 7.89. The topological polar surface area (TPSA) is 85.7 Å². The van der Waals surface area contributed by atoms with E-state index in [2.05, 4.69) is 10.3 Å². The second kappa shape index (κ2) is 8.91. The summed E-state index contributed by atoms with van der Waals surface area (Å²) in [6.07, 6.45) is 0.0964. The maximum atomic E-state index is 13.1. The average Bonchev–Trinajstić information content (AvgIpc) is 3.47. The minimum atomic E-state index is -4.43. The largest absolute Gasteiger partial charge is 0.484 e. The Kier molecular flexibility index (Phi) is 6.37. The fourth-order valence-corrected chi connectivity index (χ4v) is 5.64. The number of hydrogen-bond donors (Lipinski definition) is 1. The molecule has 1 aromatic carbocycles. The van der Waals surface area contributed by atoms with Gasteiger partial charge in [0.05, 0.1) is 12.4 Å². The number of alkyl halides is 3. The number of anilines is 1. The number of nitrogens with zero attached hydrogens (tertiary/aromatic N) is 3. The molecular weight excluding hydrogens is 449 g/mol. The Morgan fingerprint density at radius 2 is 2.12 bits per heavy atom. The summed E-state index contributed by atoms with van der Waals surface area (Å²) in [5.74, 6) is -0.0345. The molecule has 0 spiro atoms. The first-order chi connectivity index (χ1) is 15.1. The van der Waals surface area contributed by atoms with Crippen LogP contribution in [0.2, 0.25) is 0 Å². The number of imidazole rings is 1. The molecule has 2 aliphatic rings. The van der Waals surface area contributed by atoms with Gasteiger partial charge in [-0.25, -0.2) is 13.4 Å². The quantitative estimate of drug-likeness (QED) is 0.664. The molecule has 2 saturated heterocycles. The summed E-state index contributed by atoms with van der Waals surface area (Å²) >= 11 is 0. The predicted molar refractivity (Wildman–Crippen MR) is 110 cm³/mol. The fraction of sp³-hybridized carbons (Fsp3) is 0.550. The molecule has 4 rings (SSSR count). The van der Waals surface area contributed by atoms with Crippen molar-refractivity contribution in [3.8, 4) is 5.75 Å². The van der Waals surface area contributed by atoms with Crippen LogP contribution in [-0.2, 0) is 21.8 Å². The van der Waals surface area contributed by atoms with Crippen LogP contribution in [0.1, 0.15) is 12.8 Å². The average molecular weight is 475 g/mol. The summed E-state index contributed by atoms with van der Waals surface area (Å²) in [6, 6.07) is 5.94. The summed E-state index contributed by atoms with van der Waals surface area (Å²) in [6.45, 7) is -0.293. The monoisotopic (exact) mass is 474 g/mol. The van der Waals surface area contributed by atoms with Crippen molar-refractivity contribution < 1.29 is 31.1 Å². The molecule has 1 aromatic heterocycles. The van der Waals surface area contributed by atoms with Crippen molar-refractivity contribution in [1.29, 1.82) is 0 Å². The highest BCUT2D eigenvalue weighted by Gasteiger charge is 2.44. The third kappa shape index (κ3) is 5.18. The molecule has 3 atom stereocenters. The van der Waals surface area contributed by atoms with Crippen molar-refractivity contribution in [3.05, 3.63) is 36.8 Å². The molecule has 3 heterocycles. The van der Waals surface area contributed by atoms with Crippen LogP contribution in [0, 0.1) is 5.92 Å². The zero-order chi connectivity index (χ0) is 22.9. The molecule has 0 amide bonds. The van der Waals surface area contributed by atoms with E-state index in [1.807, 2.05) is 0 Å². The highest BCUT2D eigenvalue weighted by atomic mass is 32.2. The molecule has 0 bridgehead atoms. The van der Waals surface area contributed by atoms with Crippen LogP contribution >= 0.6 is 0 Å². The summed E-state index contributed by atoms with van der Waals surface area (Å²) in [5.41, 5.74) is 0.551. The van der Waals surface area contributed by atoms with Crippen molar-refractivity contribution in [3.63, 3.8) is 0 Å². The second-order valence-corrected chi connectivity index (χ2v) is 9.98. The van der Waals surface area contributed by atoms with E-state index in [4.69, 9.17) is 9.47 Å². The number of aromatic nitrogens is 2. The Morgan fingerprint density at radius 3 is 2.78 bits per heavy atom. The molecule has 2 aromatic rings. The van der Waals surface area contributed by atoms with Gasteiger partial charge in [-0.15, -0.1) is 0 Å². The van der Waals surface area contributed by atoms with Crippen molar-refractivity contribution in [1.82, 2.24) is 13.9 Å². The van der Waals surface area contributed by atoms with E-state index >= 15 is 0 Å². The van der Waals surface area contributed by atoms with Gasteiger partial charge in [-0.05, 0) is 25.0 Å². The van der Waals surface area contributed by atoms with Gasteiger partial charge in [0.2, 0.25) is 0 Å². The number of sulfonamides is 1. The number of nitrogens with one attached hydrogen (secondary N) is 1. The first-order valence-corrected chi connectivity index (χ1v) is 11.7. The van der Waals surface area contributed by atoms with E-state index in [9.17, 15) is 21.6 Å². The van der Waals surface area contributed by atoms with Gasteiger partial charge in [0, 0.05) is 56.7 Å².